The molecule has 2 aliphatic rings. The Kier molecular flexibility index (Phi) is 5.64. The molecule has 0 radical (unpaired) electrons. The molecule has 2 amide bonds. The van der Waals surface area contributed by atoms with Crippen molar-refractivity contribution in [3.05, 3.63) is 0 Å². The van der Waals surface area contributed by atoms with Gasteiger partial charge in [0, 0.05) is 19.2 Å². The maximum Gasteiger partial charge on any atom is 0.315 e. The van der Waals surface area contributed by atoms with Crippen molar-refractivity contribution in [2.24, 2.45) is 5.92 Å². The lowest BCUT2D eigenvalue weighted by Gasteiger charge is -2.22. The first kappa shape index (κ1) is 15.1. The third-order valence-electron chi connectivity index (χ3n) is 4.14. The lowest BCUT2D eigenvalue weighted by molar-refractivity contribution is -0.141. The Labute approximate surface area is 119 Å². The minimum atomic E-state index is -0.760. The van der Waals surface area contributed by atoms with E-state index in [2.05, 4.69) is 10.6 Å². The second-order valence-electron chi connectivity index (χ2n) is 5.72. The molecular weight excluding hydrogens is 260 g/mol. The first-order chi connectivity index (χ1) is 9.65. The quantitative estimate of drug-likeness (QED) is 0.714. The van der Waals surface area contributed by atoms with Gasteiger partial charge in [-0.1, -0.05) is 0 Å². The van der Waals surface area contributed by atoms with Gasteiger partial charge < -0.3 is 20.5 Å². The summed E-state index contributed by atoms with van der Waals surface area (Å²) in [5.74, 6) is -1.07. The van der Waals surface area contributed by atoms with E-state index >= 15 is 0 Å². The normalized spacial score (nSPS) is 29.9. The Morgan fingerprint density at radius 2 is 2.05 bits per heavy atom. The number of rotatable bonds is 5. The van der Waals surface area contributed by atoms with E-state index in [1.165, 1.54) is 6.42 Å². The summed E-state index contributed by atoms with van der Waals surface area (Å²) in [4.78, 5) is 22.5. The highest BCUT2D eigenvalue weighted by Gasteiger charge is 2.30. The number of nitrogens with one attached hydrogen (secondary N) is 2. The summed E-state index contributed by atoms with van der Waals surface area (Å²) in [5.41, 5.74) is 0. The predicted molar refractivity (Wildman–Crippen MR) is 73.5 cm³/mol. The fourth-order valence-electron chi connectivity index (χ4n) is 2.96. The highest BCUT2D eigenvalue weighted by Crippen LogP contribution is 2.25. The van der Waals surface area contributed by atoms with Gasteiger partial charge in [0.1, 0.15) is 0 Å². The summed E-state index contributed by atoms with van der Waals surface area (Å²) >= 11 is 0. The number of carbonyl (C=O) groups excluding carboxylic acids is 1. The first-order valence-corrected chi connectivity index (χ1v) is 7.54. The van der Waals surface area contributed by atoms with E-state index in [0.717, 1.165) is 32.3 Å². The van der Waals surface area contributed by atoms with Crippen molar-refractivity contribution in [2.45, 2.75) is 57.1 Å². The van der Waals surface area contributed by atoms with Gasteiger partial charge in [-0.05, 0) is 44.9 Å². The standard InChI is InChI=1S/C14H24N2O4/c17-13(18)10-4-5-11(9-10)16-14(19)15-7-6-12-3-1-2-8-20-12/h10-12H,1-9H2,(H,17,18)(H2,15,16,19)/t10-,11+,12?/m1/s1. The monoisotopic (exact) mass is 284 g/mol. The largest absolute Gasteiger partial charge is 0.481 e. The molecule has 1 unspecified atom stereocenters. The van der Waals surface area contributed by atoms with E-state index in [1.807, 2.05) is 0 Å². The van der Waals surface area contributed by atoms with Crippen LogP contribution in [0, 0.1) is 5.92 Å². The van der Waals surface area contributed by atoms with Gasteiger partial charge >= 0.3 is 12.0 Å². The molecule has 0 spiro atoms. The van der Waals surface area contributed by atoms with Gasteiger partial charge in [0.2, 0.25) is 0 Å². The molecule has 1 heterocycles. The molecule has 114 valence electrons. The highest BCUT2D eigenvalue weighted by molar-refractivity contribution is 5.75. The summed E-state index contributed by atoms with van der Waals surface area (Å²) in [5, 5.41) is 14.6. The Hall–Kier alpha value is -1.30. The zero-order valence-corrected chi connectivity index (χ0v) is 11.8. The summed E-state index contributed by atoms with van der Waals surface area (Å²) in [7, 11) is 0. The van der Waals surface area contributed by atoms with E-state index in [4.69, 9.17) is 9.84 Å². The fourth-order valence-corrected chi connectivity index (χ4v) is 2.96. The Balaban J connectivity index is 1.57. The summed E-state index contributed by atoms with van der Waals surface area (Å²) in [6.07, 6.45) is 6.46. The maximum atomic E-state index is 11.7. The number of carboxylic acid groups (broad SMARTS) is 1. The van der Waals surface area contributed by atoms with Crippen LogP contribution in [0.4, 0.5) is 4.79 Å². The number of hydrogen-bond acceptors (Lipinski definition) is 3. The lowest BCUT2D eigenvalue weighted by Crippen LogP contribution is -2.42. The van der Waals surface area contributed by atoms with E-state index in [9.17, 15) is 9.59 Å². The van der Waals surface area contributed by atoms with Gasteiger partial charge in [0.15, 0.2) is 0 Å². The van der Waals surface area contributed by atoms with Crippen LogP contribution >= 0.6 is 0 Å². The van der Waals surface area contributed by atoms with Crippen LogP contribution in [0.3, 0.4) is 0 Å². The molecule has 0 aromatic heterocycles. The van der Waals surface area contributed by atoms with Crippen LogP contribution < -0.4 is 10.6 Å². The summed E-state index contributed by atoms with van der Waals surface area (Å²) in [6, 6.07) is -0.209. The van der Waals surface area contributed by atoms with Gasteiger partial charge in [-0.2, -0.15) is 0 Å². The number of aliphatic carboxylic acids is 1. The zero-order chi connectivity index (χ0) is 14.4. The van der Waals surface area contributed by atoms with Crippen molar-refractivity contribution in [3.8, 4) is 0 Å². The van der Waals surface area contributed by atoms with Crippen LogP contribution in [0.5, 0.6) is 0 Å². The molecule has 6 nitrogen and oxygen atoms in total. The van der Waals surface area contributed by atoms with Gasteiger partial charge in [-0.3, -0.25) is 4.79 Å². The average Bonchev–Trinajstić information content (AvgIpc) is 2.88. The van der Waals surface area contributed by atoms with E-state index < -0.39 is 5.97 Å². The molecule has 2 fully saturated rings. The Morgan fingerprint density at radius 1 is 1.20 bits per heavy atom. The van der Waals surface area contributed by atoms with Crippen molar-refractivity contribution < 1.29 is 19.4 Å². The third-order valence-corrected chi connectivity index (χ3v) is 4.14. The molecule has 1 saturated heterocycles. The van der Waals surface area contributed by atoms with Crippen LogP contribution in [-0.4, -0.2) is 42.4 Å². The first-order valence-electron chi connectivity index (χ1n) is 7.54. The lowest BCUT2D eigenvalue weighted by atomic mass is 10.1. The molecule has 2 rings (SSSR count). The van der Waals surface area contributed by atoms with E-state index in [1.54, 1.807) is 0 Å². The summed E-state index contributed by atoms with van der Waals surface area (Å²) < 4.78 is 5.60. The zero-order valence-electron chi connectivity index (χ0n) is 11.8. The van der Waals surface area contributed by atoms with Crippen molar-refractivity contribution in [1.82, 2.24) is 10.6 Å². The Bertz CT molecular complexity index is 342. The van der Waals surface area contributed by atoms with Crippen molar-refractivity contribution in [1.29, 1.82) is 0 Å². The minimum absolute atomic E-state index is 0.0120. The predicted octanol–water partition coefficient (Wildman–Crippen LogP) is 1.50. The van der Waals surface area contributed by atoms with Crippen LogP contribution in [-0.2, 0) is 9.53 Å². The third kappa shape index (κ3) is 4.67. The summed E-state index contributed by atoms with van der Waals surface area (Å²) in [6.45, 7) is 1.43. The number of amides is 2. The second-order valence-corrected chi connectivity index (χ2v) is 5.72. The van der Waals surface area contributed by atoms with Gasteiger partial charge in [0.05, 0.1) is 12.0 Å². The Morgan fingerprint density at radius 3 is 2.70 bits per heavy atom. The van der Waals surface area contributed by atoms with Gasteiger partial charge in [-0.25, -0.2) is 4.79 Å². The number of hydrogen-bond donors (Lipinski definition) is 3. The fraction of sp³-hybridized carbons (Fsp3) is 0.857. The molecular formula is C14H24N2O4. The van der Waals surface area contributed by atoms with Crippen LogP contribution in [0.15, 0.2) is 0 Å². The molecule has 0 bridgehead atoms. The van der Waals surface area contributed by atoms with Crippen LogP contribution in [0.1, 0.15) is 44.9 Å². The minimum Gasteiger partial charge on any atom is -0.481 e. The highest BCUT2D eigenvalue weighted by atomic mass is 16.5. The van der Waals surface area contributed by atoms with Crippen molar-refractivity contribution in [3.63, 3.8) is 0 Å². The maximum absolute atomic E-state index is 11.7. The molecule has 3 N–H and O–H groups in total. The van der Waals surface area contributed by atoms with Crippen LogP contribution in [0.2, 0.25) is 0 Å². The van der Waals surface area contributed by atoms with Gasteiger partial charge in [-0.15, -0.1) is 0 Å². The average molecular weight is 284 g/mol. The van der Waals surface area contributed by atoms with Crippen LogP contribution in [0.25, 0.3) is 0 Å². The van der Waals surface area contributed by atoms with Crippen molar-refractivity contribution >= 4 is 12.0 Å². The number of urea groups is 1. The number of carboxylic acids is 1. The second kappa shape index (κ2) is 7.47. The number of carbonyl (C=O) groups is 2. The topological polar surface area (TPSA) is 87.7 Å². The van der Waals surface area contributed by atoms with Gasteiger partial charge in [0.25, 0.3) is 0 Å². The molecule has 0 aromatic carbocycles. The van der Waals surface area contributed by atoms with E-state index in [-0.39, 0.29) is 24.1 Å². The smallest absolute Gasteiger partial charge is 0.315 e. The van der Waals surface area contributed by atoms with E-state index in [0.29, 0.717) is 19.4 Å². The molecule has 6 heteroatoms. The molecule has 1 aliphatic heterocycles. The molecule has 3 atom stereocenters. The van der Waals surface area contributed by atoms with Crippen molar-refractivity contribution in [2.75, 3.05) is 13.2 Å². The molecule has 0 aromatic rings. The SMILES string of the molecule is O=C(NCCC1CCCCO1)N[C@H]1CC[C@@H](C(=O)O)C1. The molecule has 20 heavy (non-hydrogen) atoms. The molecule has 1 saturated carbocycles. The molecule has 1 aliphatic carbocycles. The number of ether oxygens (including phenoxy) is 1.